The van der Waals surface area contributed by atoms with Gasteiger partial charge in [0.1, 0.15) is 11.8 Å². The molecule has 1 aromatic carbocycles. The Morgan fingerprint density at radius 2 is 2.24 bits per heavy atom. The first-order valence-corrected chi connectivity index (χ1v) is 7.17. The van der Waals surface area contributed by atoms with E-state index in [1.807, 2.05) is 32.3 Å². The molecule has 1 saturated heterocycles. The SMILES string of the molecule is COc1ccc(CN2CC(O)CC2CN(C)C)cc1C#N. The Hall–Kier alpha value is -1.61. The fourth-order valence-corrected chi connectivity index (χ4v) is 2.94. The third-order valence-electron chi connectivity index (χ3n) is 3.85. The van der Waals surface area contributed by atoms with Gasteiger partial charge in [-0.15, -0.1) is 0 Å². The third-order valence-corrected chi connectivity index (χ3v) is 3.85. The maximum atomic E-state index is 9.91. The van der Waals surface area contributed by atoms with Gasteiger partial charge in [-0.1, -0.05) is 6.07 Å². The zero-order chi connectivity index (χ0) is 15.4. The van der Waals surface area contributed by atoms with Crippen LogP contribution in [0, 0.1) is 11.3 Å². The van der Waals surface area contributed by atoms with Crippen molar-refractivity contribution in [3.63, 3.8) is 0 Å². The van der Waals surface area contributed by atoms with E-state index in [1.54, 1.807) is 7.11 Å². The zero-order valence-corrected chi connectivity index (χ0v) is 12.9. The molecule has 0 saturated carbocycles. The van der Waals surface area contributed by atoms with Crippen molar-refractivity contribution in [3.05, 3.63) is 29.3 Å². The quantitative estimate of drug-likeness (QED) is 0.878. The van der Waals surface area contributed by atoms with Gasteiger partial charge in [0.2, 0.25) is 0 Å². The van der Waals surface area contributed by atoms with Crippen LogP contribution < -0.4 is 4.74 Å². The molecule has 1 fully saturated rings. The fourth-order valence-electron chi connectivity index (χ4n) is 2.94. The molecule has 0 aliphatic carbocycles. The van der Waals surface area contributed by atoms with Crippen LogP contribution in [-0.4, -0.2) is 61.3 Å². The van der Waals surface area contributed by atoms with Crippen LogP contribution in [0.5, 0.6) is 5.75 Å². The van der Waals surface area contributed by atoms with Crippen LogP contribution in [0.1, 0.15) is 17.5 Å². The van der Waals surface area contributed by atoms with Crippen molar-refractivity contribution in [2.45, 2.75) is 25.1 Å². The van der Waals surface area contributed by atoms with E-state index in [1.165, 1.54) is 0 Å². The van der Waals surface area contributed by atoms with Gasteiger partial charge in [0.05, 0.1) is 18.8 Å². The summed E-state index contributed by atoms with van der Waals surface area (Å²) in [5.41, 5.74) is 1.63. The number of hydrogen-bond donors (Lipinski definition) is 1. The van der Waals surface area contributed by atoms with Crippen LogP contribution in [0.4, 0.5) is 0 Å². The molecule has 2 atom stereocenters. The van der Waals surface area contributed by atoms with Crippen LogP contribution >= 0.6 is 0 Å². The summed E-state index contributed by atoms with van der Waals surface area (Å²) in [6.45, 7) is 2.36. The Labute approximate surface area is 126 Å². The molecule has 1 aliphatic heterocycles. The van der Waals surface area contributed by atoms with E-state index in [9.17, 15) is 5.11 Å². The number of aliphatic hydroxyl groups excluding tert-OH is 1. The summed E-state index contributed by atoms with van der Waals surface area (Å²) >= 11 is 0. The minimum Gasteiger partial charge on any atom is -0.495 e. The lowest BCUT2D eigenvalue weighted by Gasteiger charge is -2.26. The van der Waals surface area contributed by atoms with Crippen molar-refractivity contribution in [1.82, 2.24) is 9.80 Å². The van der Waals surface area contributed by atoms with Crippen molar-refractivity contribution < 1.29 is 9.84 Å². The van der Waals surface area contributed by atoms with Gasteiger partial charge >= 0.3 is 0 Å². The Kier molecular flexibility index (Phi) is 5.18. The Morgan fingerprint density at radius 1 is 1.48 bits per heavy atom. The van der Waals surface area contributed by atoms with Gasteiger partial charge in [-0.3, -0.25) is 4.90 Å². The number of rotatable bonds is 5. The normalized spacial score (nSPS) is 22.5. The Bertz CT molecular complexity index is 525. The van der Waals surface area contributed by atoms with Crippen molar-refractivity contribution in [2.75, 3.05) is 34.3 Å². The van der Waals surface area contributed by atoms with Gasteiger partial charge < -0.3 is 14.7 Å². The van der Waals surface area contributed by atoms with Gasteiger partial charge in [0.15, 0.2) is 0 Å². The summed E-state index contributed by atoms with van der Waals surface area (Å²) in [7, 11) is 5.66. The first-order chi connectivity index (χ1) is 10.0. The second-order valence-corrected chi connectivity index (χ2v) is 5.88. The van der Waals surface area contributed by atoms with Crippen LogP contribution in [0.2, 0.25) is 0 Å². The van der Waals surface area contributed by atoms with E-state index in [0.29, 0.717) is 23.9 Å². The van der Waals surface area contributed by atoms with Crippen molar-refractivity contribution in [3.8, 4) is 11.8 Å². The molecule has 2 unspecified atom stereocenters. The van der Waals surface area contributed by atoms with Crippen LogP contribution in [0.25, 0.3) is 0 Å². The largest absolute Gasteiger partial charge is 0.495 e. The number of β-amino-alcohol motifs (C(OH)–C–C–N with tert-alkyl or cyclic N) is 1. The highest BCUT2D eigenvalue weighted by atomic mass is 16.5. The lowest BCUT2D eigenvalue weighted by atomic mass is 10.1. The number of aliphatic hydroxyl groups is 1. The molecule has 0 spiro atoms. The molecule has 2 rings (SSSR count). The summed E-state index contributed by atoms with van der Waals surface area (Å²) in [6, 6.07) is 8.20. The molecule has 21 heavy (non-hydrogen) atoms. The minimum atomic E-state index is -0.261. The van der Waals surface area contributed by atoms with E-state index in [2.05, 4.69) is 15.9 Å². The summed E-state index contributed by atoms with van der Waals surface area (Å²) in [6.07, 6.45) is 0.544. The van der Waals surface area contributed by atoms with Gasteiger partial charge in [-0.25, -0.2) is 0 Å². The van der Waals surface area contributed by atoms with Crippen molar-refractivity contribution in [1.29, 1.82) is 5.26 Å². The molecule has 1 N–H and O–H groups in total. The lowest BCUT2D eigenvalue weighted by Crippen LogP contribution is -2.37. The number of benzene rings is 1. The maximum absolute atomic E-state index is 9.91. The van der Waals surface area contributed by atoms with E-state index in [-0.39, 0.29) is 6.10 Å². The number of hydrogen-bond acceptors (Lipinski definition) is 5. The number of methoxy groups -OCH3 is 1. The monoisotopic (exact) mass is 289 g/mol. The maximum Gasteiger partial charge on any atom is 0.136 e. The summed E-state index contributed by atoms with van der Waals surface area (Å²) in [4.78, 5) is 4.43. The first-order valence-electron chi connectivity index (χ1n) is 7.17. The number of likely N-dealkylation sites (tertiary alicyclic amines) is 1. The molecular formula is C16H23N3O2. The molecule has 1 aromatic rings. The average molecular weight is 289 g/mol. The van der Waals surface area contributed by atoms with Crippen LogP contribution in [0.15, 0.2) is 18.2 Å². The predicted molar refractivity (Wildman–Crippen MR) is 81.1 cm³/mol. The highest BCUT2D eigenvalue weighted by molar-refractivity contribution is 5.45. The lowest BCUT2D eigenvalue weighted by molar-refractivity contribution is 0.169. The Balaban J connectivity index is 2.11. The summed E-state index contributed by atoms with van der Waals surface area (Å²) in [5, 5.41) is 19.1. The minimum absolute atomic E-state index is 0.261. The third kappa shape index (κ3) is 3.94. The highest BCUT2D eigenvalue weighted by Crippen LogP contribution is 2.24. The van der Waals surface area contributed by atoms with Gasteiger partial charge in [0, 0.05) is 25.7 Å². The topological polar surface area (TPSA) is 59.7 Å². The molecular weight excluding hydrogens is 266 g/mol. The molecule has 5 heteroatoms. The predicted octanol–water partition coefficient (Wildman–Crippen LogP) is 1.06. The molecule has 0 amide bonds. The van der Waals surface area contributed by atoms with Gasteiger partial charge in [-0.05, 0) is 38.2 Å². The van der Waals surface area contributed by atoms with E-state index in [0.717, 1.165) is 25.1 Å². The van der Waals surface area contributed by atoms with Gasteiger partial charge in [-0.2, -0.15) is 5.26 Å². The summed E-state index contributed by atoms with van der Waals surface area (Å²) in [5.74, 6) is 0.604. The van der Waals surface area contributed by atoms with Crippen molar-refractivity contribution >= 4 is 0 Å². The first kappa shape index (κ1) is 15.8. The second kappa shape index (κ2) is 6.90. The van der Waals surface area contributed by atoms with E-state index >= 15 is 0 Å². The molecule has 0 bridgehead atoms. The molecule has 1 heterocycles. The van der Waals surface area contributed by atoms with Gasteiger partial charge in [0.25, 0.3) is 0 Å². The van der Waals surface area contributed by atoms with Crippen LogP contribution in [-0.2, 0) is 6.54 Å². The number of ether oxygens (including phenoxy) is 1. The molecule has 114 valence electrons. The van der Waals surface area contributed by atoms with Crippen molar-refractivity contribution in [2.24, 2.45) is 0 Å². The molecule has 0 aromatic heterocycles. The van der Waals surface area contributed by atoms with E-state index < -0.39 is 0 Å². The van der Waals surface area contributed by atoms with Crippen LogP contribution in [0.3, 0.4) is 0 Å². The smallest absolute Gasteiger partial charge is 0.136 e. The fraction of sp³-hybridized carbons (Fsp3) is 0.562. The number of likely N-dealkylation sites (N-methyl/N-ethyl adjacent to an activating group) is 1. The highest BCUT2D eigenvalue weighted by Gasteiger charge is 2.31. The average Bonchev–Trinajstić information content (AvgIpc) is 2.77. The molecule has 1 aliphatic rings. The standard InChI is InChI=1S/C16H23N3O2/c1-18(2)10-14-7-15(20)11-19(14)9-12-4-5-16(21-3)13(6-12)8-17/h4-6,14-15,20H,7,9-11H2,1-3H3. The second-order valence-electron chi connectivity index (χ2n) is 5.88. The number of nitrogens with zero attached hydrogens (tertiary/aromatic N) is 3. The molecule has 0 radical (unpaired) electrons. The summed E-state index contributed by atoms with van der Waals surface area (Å²) < 4.78 is 5.17. The zero-order valence-electron chi connectivity index (χ0n) is 12.9. The number of nitriles is 1. The van der Waals surface area contributed by atoms with E-state index in [4.69, 9.17) is 10.00 Å². The Morgan fingerprint density at radius 3 is 2.86 bits per heavy atom. The molecule has 5 nitrogen and oxygen atoms in total.